The smallest absolute Gasteiger partial charge is 0.0624 e. The fourth-order valence-corrected chi connectivity index (χ4v) is 1.14. The minimum absolute atomic E-state index is 0.0163. The predicted octanol–water partition coefficient (Wildman–Crippen LogP) is 2.60. The van der Waals surface area contributed by atoms with Crippen molar-refractivity contribution >= 4 is 0 Å². The van der Waals surface area contributed by atoms with Gasteiger partial charge in [-0.25, -0.2) is 0 Å². The highest BCUT2D eigenvalue weighted by Crippen LogP contribution is 2.12. The summed E-state index contributed by atoms with van der Waals surface area (Å²) in [5, 5.41) is 3.35. The van der Waals surface area contributed by atoms with Gasteiger partial charge in [0.05, 0.1) is 18.3 Å². The van der Waals surface area contributed by atoms with Crippen molar-refractivity contribution in [3.8, 4) is 0 Å². The van der Waals surface area contributed by atoms with E-state index in [-0.39, 0.29) is 5.60 Å². The van der Waals surface area contributed by atoms with Crippen LogP contribution in [-0.4, -0.2) is 38.0 Å². The molecule has 16 heavy (non-hydrogen) atoms. The van der Waals surface area contributed by atoms with Crippen molar-refractivity contribution in [2.75, 3.05) is 26.3 Å². The molecule has 0 atom stereocenters. The van der Waals surface area contributed by atoms with Gasteiger partial charge in [0.15, 0.2) is 0 Å². The molecule has 0 rings (SSSR count). The number of hydrogen-bond acceptors (Lipinski definition) is 3. The van der Waals surface area contributed by atoms with Gasteiger partial charge >= 0.3 is 0 Å². The summed E-state index contributed by atoms with van der Waals surface area (Å²) in [5.74, 6) is 0. The van der Waals surface area contributed by atoms with E-state index in [9.17, 15) is 0 Å². The zero-order valence-corrected chi connectivity index (χ0v) is 11.6. The zero-order chi connectivity index (χ0) is 12.4. The second-order valence-corrected chi connectivity index (χ2v) is 4.98. The zero-order valence-electron chi connectivity index (χ0n) is 11.6. The Morgan fingerprint density at radius 1 is 1.12 bits per heavy atom. The van der Waals surface area contributed by atoms with Gasteiger partial charge in [-0.1, -0.05) is 6.92 Å². The maximum absolute atomic E-state index is 5.73. The van der Waals surface area contributed by atoms with E-state index in [1.165, 1.54) is 0 Å². The Morgan fingerprint density at radius 2 is 1.81 bits per heavy atom. The van der Waals surface area contributed by atoms with Crippen LogP contribution in [0.3, 0.4) is 0 Å². The van der Waals surface area contributed by atoms with Crippen LogP contribution in [0.25, 0.3) is 0 Å². The summed E-state index contributed by atoms with van der Waals surface area (Å²) < 4.78 is 11.2. The number of ether oxygens (including phenoxy) is 2. The van der Waals surface area contributed by atoms with Crippen molar-refractivity contribution in [3.05, 3.63) is 0 Å². The lowest BCUT2D eigenvalue weighted by atomic mass is 10.1. The summed E-state index contributed by atoms with van der Waals surface area (Å²) >= 11 is 0. The number of hydrogen-bond donors (Lipinski definition) is 1. The topological polar surface area (TPSA) is 30.5 Å². The Labute approximate surface area is 101 Å². The molecule has 0 amide bonds. The fraction of sp³-hybridized carbons (Fsp3) is 1.00. The van der Waals surface area contributed by atoms with Gasteiger partial charge in [0.25, 0.3) is 0 Å². The molecule has 0 aliphatic rings. The average molecular weight is 231 g/mol. The highest BCUT2D eigenvalue weighted by atomic mass is 16.5. The van der Waals surface area contributed by atoms with Gasteiger partial charge < -0.3 is 14.8 Å². The maximum atomic E-state index is 5.73. The Morgan fingerprint density at radius 3 is 2.38 bits per heavy atom. The van der Waals surface area contributed by atoms with E-state index < -0.39 is 0 Å². The molecule has 3 nitrogen and oxygen atoms in total. The molecule has 0 spiro atoms. The van der Waals surface area contributed by atoms with E-state index in [0.29, 0.717) is 6.10 Å². The molecule has 0 radical (unpaired) electrons. The summed E-state index contributed by atoms with van der Waals surface area (Å²) in [7, 11) is 0. The lowest BCUT2D eigenvalue weighted by Gasteiger charge is -2.23. The van der Waals surface area contributed by atoms with Crippen molar-refractivity contribution in [2.45, 2.75) is 59.2 Å². The van der Waals surface area contributed by atoms with Crippen LogP contribution in [0.2, 0.25) is 0 Å². The predicted molar refractivity (Wildman–Crippen MR) is 68.9 cm³/mol. The standard InChI is InChI=1S/C13H29NO2/c1-6-13(4,5)16-11-9-14-8-7-10-15-12(2)3/h12,14H,6-11H2,1-5H3. The highest BCUT2D eigenvalue weighted by molar-refractivity contribution is 4.65. The van der Waals surface area contributed by atoms with E-state index in [1.54, 1.807) is 0 Å². The van der Waals surface area contributed by atoms with Crippen LogP contribution in [-0.2, 0) is 9.47 Å². The molecule has 0 aromatic carbocycles. The van der Waals surface area contributed by atoms with Crippen molar-refractivity contribution in [3.63, 3.8) is 0 Å². The molecule has 1 N–H and O–H groups in total. The second-order valence-electron chi connectivity index (χ2n) is 4.98. The quantitative estimate of drug-likeness (QED) is 0.586. The molecule has 98 valence electrons. The summed E-state index contributed by atoms with van der Waals surface area (Å²) in [6, 6.07) is 0. The molecule has 0 bridgehead atoms. The molecule has 0 aliphatic heterocycles. The van der Waals surface area contributed by atoms with Crippen molar-refractivity contribution < 1.29 is 9.47 Å². The summed E-state index contributed by atoms with van der Waals surface area (Å²) in [5.41, 5.74) is 0.0163. The normalized spacial score (nSPS) is 12.4. The van der Waals surface area contributed by atoms with Gasteiger partial charge in [-0.3, -0.25) is 0 Å². The second kappa shape index (κ2) is 8.97. The van der Waals surface area contributed by atoms with Crippen molar-refractivity contribution in [2.24, 2.45) is 0 Å². The molecular formula is C13H29NO2. The number of rotatable bonds is 10. The lowest BCUT2D eigenvalue weighted by Crippen LogP contribution is -2.29. The monoisotopic (exact) mass is 231 g/mol. The van der Waals surface area contributed by atoms with Gasteiger partial charge in [-0.15, -0.1) is 0 Å². The molecule has 0 heterocycles. The third-order valence-electron chi connectivity index (χ3n) is 2.57. The van der Waals surface area contributed by atoms with Crippen LogP contribution in [0.15, 0.2) is 0 Å². The van der Waals surface area contributed by atoms with E-state index >= 15 is 0 Å². The van der Waals surface area contributed by atoms with E-state index in [4.69, 9.17) is 9.47 Å². The van der Waals surface area contributed by atoms with Gasteiger partial charge in [-0.2, -0.15) is 0 Å². The molecule has 0 aromatic heterocycles. The summed E-state index contributed by atoms with van der Waals surface area (Å²) in [6.45, 7) is 14.1. The summed E-state index contributed by atoms with van der Waals surface area (Å²) in [4.78, 5) is 0. The molecule has 3 heteroatoms. The fourth-order valence-electron chi connectivity index (χ4n) is 1.14. The molecule has 0 fully saturated rings. The van der Waals surface area contributed by atoms with Crippen LogP contribution in [0, 0.1) is 0 Å². The maximum Gasteiger partial charge on any atom is 0.0624 e. The molecule has 0 aliphatic carbocycles. The van der Waals surface area contributed by atoms with Crippen LogP contribution in [0.5, 0.6) is 0 Å². The van der Waals surface area contributed by atoms with Gasteiger partial charge in [0.2, 0.25) is 0 Å². The number of nitrogens with one attached hydrogen (secondary N) is 1. The Hall–Kier alpha value is -0.120. The average Bonchev–Trinajstić information content (AvgIpc) is 2.21. The van der Waals surface area contributed by atoms with Gasteiger partial charge in [0, 0.05) is 13.2 Å². The van der Waals surface area contributed by atoms with Crippen molar-refractivity contribution in [1.29, 1.82) is 0 Å². The van der Waals surface area contributed by atoms with E-state index in [0.717, 1.165) is 39.1 Å². The van der Waals surface area contributed by atoms with Crippen LogP contribution >= 0.6 is 0 Å². The Bertz CT molecular complexity index is 158. The highest BCUT2D eigenvalue weighted by Gasteiger charge is 2.13. The molecular weight excluding hydrogens is 202 g/mol. The van der Waals surface area contributed by atoms with Gasteiger partial charge in [0.1, 0.15) is 0 Å². The third kappa shape index (κ3) is 10.4. The van der Waals surface area contributed by atoms with Crippen LogP contribution in [0.1, 0.15) is 47.5 Å². The SMILES string of the molecule is CCC(C)(C)OCCNCCCOC(C)C. The van der Waals surface area contributed by atoms with Crippen LogP contribution in [0.4, 0.5) is 0 Å². The largest absolute Gasteiger partial charge is 0.379 e. The van der Waals surface area contributed by atoms with Crippen molar-refractivity contribution in [1.82, 2.24) is 5.32 Å². The summed E-state index contributed by atoms with van der Waals surface area (Å²) in [6.07, 6.45) is 2.46. The first-order valence-corrected chi connectivity index (χ1v) is 6.44. The first-order valence-electron chi connectivity index (χ1n) is 6.44. The van der Waals surface area contributed by atoms with E-state index in [1.807, 2.05) is 0 Å². The lowest BCUT2D eigenvalue weighted by molar-refractivity contribution is -0.0181. The molecule has 0 aromatic rings. The minimum atomic E-state index is 0.0163. The Kier molecular flexibility index (Phi) is 8.90. The molecule has 0 saturated heterocycles. The minimum Gasteiger partial charge on any atom is -0.379 e. The first kappa shape index (κ1) is 15.9. The third-order valence-corrected chi connectivity index (χ3v) is 2.57. The molecule has 0 saturated carbocycles. The molecule has 0 unspecified atom stereocenters. The first-order chi connectivity index (χ1) is 7.48. The van der Waals surface area contributed by atoms with Gasteiger partial charge in [-0.05, 0) is 47.1 Å². The Balaban J connectivity index is 3.16. The van der Waals surface area contributed by atoms with E-state index in [2.05, 4.69) is 39.9 Å². The van der Waals surface area contributed by atoms with Crippen LogP contribution < -0.4 is 5.32 Å².